The smallest absolute Gasteiger partial charge is 0.220 e. The Morgan fingerprint density at radius 2 is 1.20 bits per heavy atom. The van der Waals surface area contributed by atoms with E-state index in [0.717, 1.165) is 38.5 Å². The van der Waals surface area contributed by atoms with Crippen LogP contribution in [-0.4, -0.2) is 46.1 Å². The van der Waals surface area contributed by atoms with Crippen molar-refractivity contribution in [3.63, 3.8) is 0 Å². The molecule has 0 aliphatic carbocycles. The SMILES string of the molecule is CC/C=C\C/C=C\C/C=C\C/C=C\C=C/C(O)C/C=C\CCC(=O)N[C@@H](CO)[C@H](O)/C=C/CCCCCCCCCCCCC. The third-order valence-electron chi connectivity index (χ3n) is 7.48. The number of allylic oxidation sites excluding steroid dienone is 11. The maximum atomic E-state index is 12.3. The second kappa shape index (κ2) is 34.4. The molecule has 0 aromatic heterocycles. The molecule has 0 aromatic rings. The lowest BCUT2D eigenvalue weighted by atomic mass is 10.0. The van der Waals surface area contributed by atoms with E-state index in [1.165, 1.54) is 64.2 Å². The van der Waals surface area contributed by atoms with E-state index in [4.69, 9.17) is 0 Å². The van der Waals surface area contributed by atoms with E-state index < -0.39 is 18.2 Å². The molecule has 0 saturated heterocycles. The van der Waals surface area contributed by atoms with E-state index in [2.05, 4.69) is 55.6 Å². The number of hydrogen-bond acceptors (Lipinski definition) is 4. The van der Waals surface area contributed by atoms with Crippen LogP contribution in [0.4, 0.5) is 0 Å². The lowest BCUT2D eigenvalue weighted by Gasteiger charge is -2.19. The van der Waals surface area contributed by atoms with Crippen LogP contribution in [0, 0.1) is 0 Å². The molecule has 0 heterocycles. The number of unbranched alkanes of at least 4 members (excludes halogenated alkanes) is 11. The Morgan fingerprint density at radius 3 is 1.80 bits per heavy atom. The van der Waals surface area contributed by atoms with Gasteiger partial charge in [0.05, 0.1) is 24.9 Å². The molecule has 3 atom stereocenters. The Morgan fingerprint density at radius 1 is 0.622 bits per heavy atom. The van der Waals surface area contributed by atoms with Gasteiger partial charge >= 0.3 is 0 Å². The monoisotopic (exact) mass is 626 g/mol. The molecule has 0 saturated carbocycles. The molecule has 0 bridgehead atoms. The summed E-state index contributed by atoms with van der Waals surface area (Å²) in [6, 6.07) is -0.708. The number of rotatable bonds is 30. The van der Waals surface area contributed by atoms with Gasteiger partial charge in [-0.25, -0.2) is 0 Å². The van der Waals surface area contributed by atoms with Crippen LogP contribution in [0.25, 0.3) is 0 Å². The molecule has 0 rings (SSSR count). The van der Waals surface area contributed by atoms with Crippen LogP contribution < -0.4 is 5.32 Å². The molecule has 0 spiro atoms. The van der Waals surface area contributed by atoms with Crippen molar-refractivity contribution in [2.75, 3.05) is 6.61 Å². The second-order valence-electron chi connectivity index (χ2n) is 11.8. The lowest BCUT2D eigenvalue weighted by Crippen LogP contribution is -2.45. The van der Waals surface area contributed by atoms with Gasteiger partial charge in [0.1, 0.15) is 0 Å². The Kier molecular flexibility index (Phi) is 32.5. The number of amides is 1. The Hall–Kier alpha value is -2.47. The fourth-order valence-corrected chi connectivity index (χ4v) is 4.69. The van der Waals surface area contributed by atoms with Crippen LogP contribution in [0.3, 0.4) is 0 Å². The lowest BCUT2D eigenvalue weighted by molar-refractivity contribution is -0.122. The van der Waals surface area contributed by atoms with Gasteiger partial charge in [-0.15, -0.1) is 0 Å². The number of carbonyl (C=O) groups excluding carboxylic acids is 1. The maximum absolute atomic E-state index is 12.3. The molecule has 0 aliphatic heterocycles. The molecule has 5 heteroatoms. The largest absolute Gasteiger partial charge is 0.394 e. The van der Waals surface area contributed by atoms with Crippen molar-refractivity contribution in [1.82, 2.24) is 5.32 Å². The van der Waals surface area contributed by atoms with Gasteiger partial charge in [0.2, 0.25) is 5.91 Å². The first-order chi connectivity index (χ1) is 22.0. The highest BCUT2D eigenvalue weighted by molar-refractivity contribution is 5.76. The average Bonchev–Trinajstić information content (AvgIpc) is 3.04. The standard InChI is InChI=1S/C40H67NO4/c1-3-5-7-9-11-13-15-17-19-21-23-25-28-32-37(43)33-29-27-31-35-40(45)41-38(36-42)39(44)34-30-26-24-22-20-18-16-14-12-10-8-6-4-2/h5,7,11,13,17,19,23,25,27-30,32,34,37-39,42-44H,3-4,6,8-10,12,14-16,18,20-22,24,26,31,33,35-36H2,1-2H3,(H,41,45)/b7-5-,13-11-,19-17-,25-23-,29-27-,32-28-,34-30+/t37?,38-,39+/m0/s1. The minimum atomic E-state index is -0.908. The van der Waals surface area contributed by atoms with Gasteiger partial charge in [-0.1, -0.05) is 163 Å². The molecule has 0 fully saturated rings. The van der Waals surface area contributed by atoms with Gasteiger partial charge in [-0.05, 0) is 51.4 Å². The number of aliphatic hydroxyl groups is 3. The number of carbonyl (C=O) groups is 1. The highest BCUT2D eigenvalue weighted by atomic mass is 16.3. The van der Waals surface area contributed by atoms with Crippen LogP contribution in [-0.2, 0) is 4.79 Å². The van der Waals surface area contributed by atoms with Crippen molar-refractivity contribution < 1.29 is 20.1 Å². The zero-order valence-electron chi connectivity index (χ0n) is 28.7. The molecular formula is C40H67NO4. The third-order valence-corrected chi connectivity index (χ3v) is 7.48. The predicted molar refractivity (Wildman–Crippen MR) is 194 cm³/mol. The fraction of sp³-hybridized carbons (Fsp3) is 0.625. The van der Waals surface area contributed by atoms with Gasteiger partial charge in [0, 0.05) is 6.42 Å². The minimum absolute atomic E-state index is 0.212. The van der Waals surface area contributed by atoms with Crippen molar-refractivity contribution in [3.8, 4) is 0 Å². The molecule has 1 unspecified atom stereocenters. The van der Waals surface area contributed by atoms with E-state index in [0.29, 0.717) is 12.8 Å². The fourth-order valence-electron chi connectivity index (χ4n) is 4.69. The molecule has 0 aromatic carbocycles. The summed E-state index contributed by atoms with van der Waals surface area (Å²) in [6.45, 7) is 4.07. The molecule has 0 radical (unpaired) electrons. The first-order valence-electron chi connectivity index (χ1n) is 17.9. The number of aliphatic hydroxyl groups excluding tert-OH is 3. The van der Waals surface area contributed by atoms with E-state index in [1.54, 1.807) is 12.2 Å². The summed E-state index contributed by atoms with van der Waals surface area (Å²) < 4.78 is 0. The Labute approximate surface area is 276 Å². The van der Waals surface area contributed by atoms with E-state index in [1.807, 2.05) is 36.5 Å². The second-order valence-corrected chi connectivity index (χ2v) is 11.8. The topological polar surface area (TPSA) is 89.8 Å². The maximum Gasteiger partial charge on any atom is 0.220 e. The van der Waals surface area contributed by atoms with Gasteiger partial charge < -0.3 is 20.6 Å². The summed E-state index contributed by atoms with van der Waals surface area (Å²) in [5, 5.41) is 32.8. The molecule has 5 nitrogen and oxygen atoms in total. The van der Waals surface area contributed by atoms with Gasteiger partial charge in [0.25, 0.3) is 0 Å². The van der Waals surface area contributed by atoms with E-state index >= 15 is 0 Å². The summed E-state index contributed by atoms with van der Waals surface area (Å²) in [5.41, 5.74) is 0. The quantitative estimate of drug-likeness (QED) is 0.0364. The molecule has 256 valence electrons. The summed E-state index contributed by atoms with van der Waals surface area (Å²) in [4.78, 5) is 12.3. The van der Waals surface area contributed by atoms with E-state index in [9.17, 15) is 20.1 Å². The zero-order valence-corrected chi connectivity index (χ0v) is 28.7. The van der Waals surface area contributed by atoms with E-state index in [-0.39, 0.29) is 18.9 Å². The number of hydrogen-bond donors (Lipinski definition) is 4. The van der Waals surface area contributed by atoms with Crippen molar-refractivity contribution in [3.05, 3.63) is 85.1 Å². The van der Waals surface area contributed by atoms with Crippen LogP contribution in [0.2, 0.25) is 0 Å². The zero-order chi connectivity index (χ0) is 33.1. The first-order valence-corrected chi connectivity index (χ1v) is 17.9. The van der Waals surface area contributed by atoms with Crippen LogP contribution >= 0.6 is 0 Å². The summed E-state index contributed by atoms with van der Waals surface area (Å²) >= 11 is 0. The molecule has 4 N–H and O–H groups in total. The van der Waals surface area contributed by atoms with Gasteiger partial charge in [-0.2, -0.15) is 0 Å². The van der Waals surface area contributed by atoms with Crippen molar-refractivity contribution >= 4 is 5.91 Å². The van der Waals surface area contributed by atoms with Gasteiger partial charge in [-0.3, -0.25) is 4.79 Å². The highest BCUT2D eigenvalue weighted by Crippen LogP contribution is 2.12. The molecule has 45 heavy (non-hydrogen) atoms. The Bertz CT molecular complexity index is 868. The van der Waals surface area contributed by atoms with Crippen molar-refractivity contribution in [2.45, 2.75) is 154 Å². The van der Waals surface area contributed by atoms with Crippen molar-refractivity contribution in [2.24, 2.45) is 0 Å². The Balaban J connectivity index is 3.96. The minimum Gasteiger partial charge on any atom is -0.394 e. The molecule has 0 aliphatic rings. The summed E-state index contributed by atoms with van der Waals surface area (Å²) in [7, 11) is 0. The summed E-state index contributed by atoms with van der Waals surface area (Å²) in [6.07, 6.45) is 46.9. The first kappa shape index (κ1) is 42.5. The van der Waals surface area contributed by atoms with Crippen LogP contribution in [0.1, 0.15) is 136 Å². The number of nitrogens with one attached hydrogen (secondary N) is 1. The third kappa shape index (κ3) is 31.3. The summed E-state index contributed by atoms with van der Waals surface area (Å²) in [5.74, 6) is -0.212. The molecule has 1 amide bonds. The van der Waals surface area contributed by atoms with Crippen LogP contribution in [0.5, 0.6) is 0 Å². The average molecular weight is 626 g/mol. The highest BCUT2D eigenvalue weighted by Gasteiger charge is 2.17. The predicted octanol–water partition coefficient (Wildman–Crippen LogP) is 9.53. The van der Waals surface area contributed by atoms with Gasteiger partial charge in [0.15, 0.2) is 0 Å². The van der Waals surface area contributed by atoms with Crippen LogP contribution in [0.15, 0.2) is 85.1 Å². The normalized spacial score (nSPS) is 14.9. The van der Waals surface area contributed by atoms with Crippen molar-refractivity contribution in [1.29, 1.82) is 0 Å². The molecular weight excluding hydrogens is 558 g/mol.